The Kier molecular flexibility index (Phi) is 14.9. The van der Waals surface area contributed by atoms with Crippen LogP contribution in [-0.4, -0.2) is 9.55 Å². The fourth-order valence-corrected chi connectivity index (χ4v) is 13.2. The molecular formula is C80H85N4OPtS-3. The third-order valence-electron chi connectivity index (χ3n) is 17.0. The summed E-state index contributed by atoms with van der Waals surface area (Å²) in [6, 6.07) is 61.3. The summed E-state index contributed by atoms with van der Waals surface area (Å²) >= 11 is 1.79. The number of anilines is 4. The van der Waals surface area contributed by atoms with Crippen LogP contribution < -0.4 is 14.5 Å². The molecule has 8 aromatic carbocycles. The zero-order chi connectivity index (χ0) is 63.2. The predicted octanol–water partition coefficient (Wildman–Crippen LogP) is 23.1. The number of thiophene rings is 1. The van der Waals surface area contributed by atoms with Gasteiger partial charge in [0, 0.05) is 95.4 Å². The molecule has 0 atom stereocenters. The number of rotatable bonds is 8. The molecule has 450 valence electrons. The van der Waals surface area contributed by atoms with Crippen LogP contribution in [0.25, 0.3) is 70.0 Å². The molecule has 5 nitrogen and oxygen atoms in total. The molecule has 1 aliphatic heterocycles. The monoisotopic (exact) mass is 1350 g/mol. The molecule has 0 spiro atoms. The van der Waals surface area contributed by atoms with Gasteiger partial charge in [0.25, 0.3) is 0 Å². The van der Waals surface area contributed by atoms with Crippen LogP contribution in [0.2, 0.25) is 0 Å². The number of pyridine rings is 1. The van der Waals surface area contributed by atoms with Crippen LogP contribution in [0.15, 0.2) is 152 Å². The van der Waals surface area contributed by atoms with Gasteiger partial charge in [-0.25, -0.2) is 4.98 Å². The molecule has 11 aromatic rings. The quantitative estimate of drug-likeness (QED) is 0.142. The summed E-state index contributed by atoms with van der Waals surface area (Å²) in [5.74, 6) is 1.71. The van der Waals surface area contributed by atoms with Crippen molar-refractivity contribution in [2.24, 2.45) is 5.41 Å². The Morgan fingerprint density at radius 2 is 1.06 bits per heavy atom. The van der Waals surface area contributed by atoms with Crippen molar-refractivity contribution in [1.29, 1.82) is 0 Å². The van der Waals surface area contributed by atoms with Crippen molar-refractivity contribution in [3.63, 3.8) is 0 Å². The second-order valence-electron chi connectivity index (χ2n) is 30.2. The third kappa shape index (κ3) is 11.8. The molecular weight excluding hydrogens is 1260 g/mol. The van der Waals surface area contributed by atoms with Crippen LogP contribution in [0.5, 0.6) is 11.5 Å². The number of aromatic nitrogens is 2. The minimum atomic E-state index is -1.64. The predicted molar refractivity (Wildman–Crippen MR) is 369 cm³/mol. The van der Waals surface area contributed by atoms with Gasteiger partial charge in [-0.1, -0.05) is 221 Å². The molecule has 0 bridgehead atoms. The molecule has 0 saturated carbocycles. The second-order valence-corrected chi connectivity index (χ2v) is 31.3. The Balaban J connectivity index is 0.00000817. The minimum absolute atomic E-state index is 0. The van der Waals surface area contributed by atoms with E-state index in [1.807, 2.05) is 46.0 Å². The molecule has 0 amide bonds. The van der Waals surface area contributed by atoms with E-state index in [2.05, 4.69) is 270 Å². The zero-order valence-corrected chi connectivity index (χ0v) is 57.5. The average Bonchev–Trinajstić information content (AvgIpc) is 1.60. The maximum Gasteiger partial charge on any atom is 0.135 e. The summed E-state index contributed by atoms with van der Waals surface area (Å²) in [4.78, 5) is 9.78. The number of ether oxygens (including phenoxy) is 1. The van der Waals surface area contributed by atoms with Crippen molar-refractivity contribution >= 4 is 76.1 Å². The summed E-state index contributed by atoms with van der Waals surface area (Å²) in [6.07, 6.45) is 0.168. The van der Waals surface area contributed by atoms with Crippen LogP contribution in [0, 0.1) is 31.1 Å². The van der Waals surface area contributed by atoms with E-state index in [1.165, 1.54) is 53.6 Å². The van der Waals surface area contributed by atoms with E-state index in [4.69, 9.17) is 9.72 Å². The van der Waals surface area contributed by atoms with E-state index < -0.39 is 11.8 Å². The molecule has 0 fully saturated rings. The first kappa shape index (κ1) is 59.0. The number of fused-ring (bicyclic) bond motifs is 8. The van der Waals surface area contributed by atoms with Crippen LogP contribution in [0.3, 0.4) is 0 Å². The topological polar surface area (TPSA) is 33.5 Å². The number of benzene rings is 8. The standard InChI is InChI=1S/C80H85N4OS.Pt/c1-49-47-81-71(39-52(49)46-75(2,3)4)84-68-34-33-64-63-25-20-23-30-70(63)86-74(64)72(68)65-32-31-59(45-69(65)84)85-60-43-57(80(17,18)19)42-58(44-60)82-48-83(67-29-22-21-28-66(67)82)73-61(50-35-53(76(5,6)7)40-54(36-50)77(8,9)10)26-24-27-62(73)51-37-55(78(11,12)13)41-56(38-51)79(14,15)16;/h20-43,47-48H,46H2,1-19H3;/q-3;/i46D2;. The molecule has 7 heteroatoms. The van der Waals surface area contributed by atoms with Crippen molar-refractivity contribution in [2.45, 2.75) is 165 Å². The van der Waals surface area contributed by atoms with Gasteiger partial charge in [0.15, 0.2) is 0 Å². The van der Waals surface area contributed by atoms with Gasteiger partial charge in [-0.15, -0.1) is 65.0 Å². The van der Waals surface area contributed by atoms with Crippen molar-refractivity contribution in [2.75, 3.05) is 9.80 Å². The number of aryl methyl sites for hydroxylation is 1. The van der Waals surface area contributed by atoms with E-state index in [9.17, 15) is 2.74 Å². The van der Waals surface area contributed by atoms with Gasteiger partial charge >= 0.3 is 0 Å². The maximum absolute atomic E-state index is 9.46. The molecule has 0 unspecified atom stereocenters. The Labute approximate surface area is 539 Å². The fraction of sp³-hybridized carbons (Fsp3) is 0.325. The zero-order valence-electron chi connectivity index (χ0n) is 56.4. The molecule has 4 heterocycles. The van der Waals surface area contributed by atoms with Crippen molar-refractivity contribution < 1.29 is 28.5 Å². The Bertz CT molecular complexity index is 4420. The van der Waals surface area contributed by atoms with E-state index in [0.717, 1.165) is 66.8 Å². The van der Waals surface area contributed by atoms with Gasteiger partial charge in [-0.3, -0.25) is 0 Å². The van der Waals surface area contributed by atoms with Gasteiger partial charge in [-0.2, -0.15) is 6.07 Å². The van der Waals surface area contributed by atoms with Gasteiger partial charge in [0.2, 0.25) is 0 Å². The molecule has 0 aliphatic carbocycles. The minimum Gasteiger partial charge on any atom is -0.509 e. The Morgan fingerprint density at radius 3 is 1.62 bits per heavy atom. The van der Waals surface area contributed by atoms with Crippen LogP contribution in [0.4, 0.5) is 22.7 Å². The summed E-state index contributed by atoms with van der Waals surface area (Å²) in [6.45, 7) is 44.7. The Hall–Kier alpha value is -6.98. The van der Waals surface area contributed by atoms with Crippen molar-refractivity contribution in [3.8, 4) is 39.6 Å². The van der Waals surface area contributed by atoms with Gasteiger partial charge in [-0.05, 0) is 126 Å². The first-order chi connectivity index (χ1) is 41.1. The molecule has 0 N–H and O–H groups in total. The molecule has 12 rings (SSSR count). The third-order valence-corrected chi connectivity index (χ3v) is 18.2. The SMILES string of the molecule is [2H]C([2H])(c1cc(-n2c3[c-]c(Oc4[c-]c(N5[CH-]N(c6c(-c7cc(C(C)(C)C)cc(C(C)(C)C)c7)cccc6-c6cc(C(C)(C)C)cc(C(C)(C)C)c6)c6ccccc65)cc(C(C)(C)C)c4)ccc3c3c4sc5ccccc5c4ccc32)ncc1C)C(C)(C)C.[Pt]. The summed E-state index contributed by atoms with van der Waals surface area (Å²) in [7, 11) is 0. The van der Waals surface area contributed by atoms with Gasteiger partial charge in [0.1, 0.15) is 5.82 Å². The smallest absolute Gasteiger partial charge is 0.135 e. The van der Waals surface area contributed by atoms with Crippen molar-refractivity contribution in [1.82, 2.24) is 9.55 Å². The number of nitrogens with zero attached hydrogens (tertiary/aromatic N) is 4. The number of hydrogen-bond donors (Lipinski definition) is 0. The van der Waals surface area contributed by atoms with Crippen LogP contribution >= 0.6 is 11.3 Å². The van der Waals surface area contributed by atoms with E-state index in [-0.39, 0.29) is 48.1 Å². The molecule has 87 heavy (non-hydrogen) atoms. The summed E-state index contributed by atoms with van der Waals surface area (Å²) in [5, 5.41) is 4.54. The van der Waals surface area contributed by atoms with Crippen molar-refractivity contribution in [3.05, 3.63) is 210 Å². The largest absolute Gasteiger partial charge is 0.509 e. The first-order valence-electron chi connectivity index (χ1n) is 31.6. The number of hydrogen-bond acceptors (Lipinski definition) is 5. The maximum atomic E-state index is 9.46. The average molecular weight is 1350 g/mol. The summed E-state index contributed by atoms with van der Waals surface area (Å²) < 4.78 is 30.6. The second kappa shape index (κ2) is 22.0. The van der Waals surface area contributed by atoms with E-state index in [0.29, 0.717) is 22.9 Å². The molecule has 0 radical (unpaired) electrons. The van der Waals surface area contributed by atoms with Gasteiger partial charge in [0.05, 0.1) is 0 Å². The van der Waals surface area contributed by atoms with E-state index in [1.54, 1.807) is 11.3 Å². The molecule has 0 saturated heterocycles. The first-order valence-corrected chi connectivity index (χ1v) is 31.4. The fourth-order valence-electron chi connectivity index (χ4n) is 12.0. The normalized spacial score (nSPS) is 14.1. The Morgan fingerprint density at radius 1 is 0.529 bits per heavy atom. The number of para-hydroxylation sites is 3. The van der Waals surface area contributed by atoms with E-state index >= 15 is 0 Å². The molecule has 1 aliphatic rings. The van der Waals surface area contributed by atoms with Crippen LogP contribution in [0.1, 0.15) is 166 Å². The van der Waals surface area contributed by atoms with Crippen LogP contribution in [-0.2, 0) is 54.5 Å². The molecule has 3 aromatic heterocycles. The summed E-state index contributed by atoms with van der Waals surface area (Å²) in [5.41, 5.74) is 16.9. The van der Waals surface area contributed by atoms with Gasteiger partial charge < -0.3 is 19.1 Å².